The summed E-state index contributed by atoms with van der Waals surface area (Å²) < 4.78 is 1.05. The van der Waals surface area contributed by atoms with Crippen molar-refractivity contribution in [2.45, 2.75) is 45.4 Å². The van der Waals surface area contributed by atoms with Crippen molar-refractivity contribution in [2.24, 2.45) is 5.92 Å². The molecule has 0 bridgehead atoms. The van der Waals surface area contributed by atoms with Gasteiger partial charge in [0, 0.05) is 16.6 Å². The maximum atomic E-state index is 12.0. The molecule has 1 aliphatic rings. The van der Waals surface area contributed by atoms with Crippen molar-refractivity contribution in [2.75, 3.05) is 6.54 Å². The van der Waals surface area contributed by atoms with Gasteiger partial charge in [0.2, 0.25) is 0 Å². The van der Waals surface area contributed by atoms with Crippen LogP contribution >= 0.6 is 15.9 Å². The summed E-state index contributed by atoms with van der Waals surface area (Å²) in [5.41, 5.74) is 1.85. The van der Waals surface area contributed by atoms with Gasteiger partial charge in [-0.2, -0.15) is 0 Å². The van der Waals surface area contributed by atoms with Crippen LogP contribution in [0.3, 0.4) is 0 Å². The van der Waals surface area contributed by atoms with Gasteiger partial charge in [0.05, 0.1) is 0 Å². The van der Waals surface area contributed by atoms with Gasteiger partial charge in [-0.1, -0.05) is 48.0 Å². The van der Waals surface area contributed by atoms with Gasteiger partial charge in [0.15, 0.2) is 0 Å². The van der Waals surface area contributed by atoms with E-state index in [4.69, 9.17) is 0 Å². The number of hydrogen-bond donors (Lipinski definition) is 1. The maximum absolute atomic E-state index is 12.0. The Morgan fingerprint density at radius 3 is 2.74 bits per heavy atom. The Bertz CT molecular complexity index is 438. The molecule has 0 aliphatic heterocycles. The molecule has 0 aromatic heterocycles. The zero-order chi connectivity index (χ0) is 13.7. The number of carbonyl (C=O) groups excluding carboxylic acids is 1. The van der Waals surface area contributed by atoms with Crippen molar-refractivity contribution in [3.8, 4) is 0 Å². The van der Waals surface area contributed by atoms with E-state index in [1.807, 2.05) is 25.1 Å². The first-order valence-electron chi connectivity index (χ1n) is 7.21. The van der Waals surface area contributed by atoms with Gasteiger partial charge >= 0.3 is 0 Å². The molecule has 1 aromatic rings. The lowest BCUT2D eigenvalue weighted by molar-refractivity contribution is 0.0950. The summed E-state index contributed by atoms with van der Waals surface area (Å²) in [4.78, 5) is 12.0. The maximum Gasteiger partial charge on any atom is 0.251 e. The van der Waals surface area contributed by atoms with Crippen molar-refractivity contribution in [1.29, 1.82) is 0 Å². The fraction of sp³-hybridized carbons (Fsp3) is 0.562. The minimum atomic E-state index is 0.0476. The van der Waals surface area contributed by atoms with Crippen LogP contribution in [0.1, 0.15) is 54.4 Å². The Balaban J connectivity index is 1.78. The Morgan fingerprint density at radius 2 is 2.05 bits per heavy atom. The second kappa shape index (κ2) is 7.09. The van der Waals surface area contributed by atoms with Gasteiger partial charge in [-0.3, -0.25) is 4.79 Å². The minimum Gasteiger partial charge on any atom is -0.352 e. The molecule has 0 saturated heterocycles. The zero-order valence-corrected chi connectivity index (χ0v) is 13.1. The highest BCUT2D eigenvalue weighted by Crippen LogP contribution is 2.25. The number of halogens is 1. The largest absolute Gasteiger partial charge is 0.352 e. The van der Waals surface area contributed by atoms with E-state index in [0.29, 0.717) is 0 Å². The normalized spacial score (nSPS) is 16.3. The zero-order valence-electron chi connectivity index (χ0n) is 11.5. The smallest absolute Gasteiger partial charge is 0.251 e. The fourth-order valence-electron chi connectivity index (χ4n) is 2.75. The summed E-state index contributed by atoms with van der Waals surface area (Å²) in [6.45, 7) is 2.81. The molecule has 0 atom stereocenters. The highest BCUT2D eigenvalue weighted by atomic mass is 79.9. The standard InChI is InChI=1S/C16H22BrNO/c1-12-11-14(7-8-15(12)17)16(19)18-10-9-13-5-3-2-4-6-13/h7-8,11,13H,2-6,9-10H2,1H3,(H,18,19). The van der Waals surface area contributed by atoms with Crippen LogP contribution in [0.4, 0.5) is 0 Å². The van der Waals surface area contributed by atoms with Crippen LogP contribution in [-0.2, 0) is 0 Å². The molecule has 3 heteroatoms. The molecule has 1 saturated carbocycles. The van der Waals surface area contributed by atoms with Crippen molar-refractivity contribution < 1.29 is 4.79 Å². The van der Waals surface area contributed by atoms with Crippen LogP contribution in [0, 0.1) is 12.8 Å². The summed E-state index contributed by atoms with van der Waals surface area (Å²) >= 11 is 3.45. The summed E-state index contributed by atoms with van der Waals surface area (Å²) in [7, 11) is 0. The van der Waals surface area contributed by atoms with Gasteiger partial charge < -0.3 is 5.32 Å². The number of carbonyl (C=O) groups is 1. The molecule has 0 spiro atoms. The van der Waals surface area contributed by atoms with Crippen molar-refractivity contribution in [3.63, 3.8) is 0 Å². The van der Waals surface area contributed by atoms with Crippen molar-refractivity contribution >= 4 is 21.8 Å². The summed E-state index contributed by atoms with van der Waals surface area (Å²) in [5.74, 6) is 0.868. The molecule has 0 unspecified atom stereocenters. The van der Waals surface area contributed by atoms with Crippen LogP contribution in [0.25, 0.3) is 0 Å². The topological polar surface area (TPSA) is 29.1 Å². The lowest BCUT2D eigenvalue weighted by atomic mass is 9.87. The van der Waals surface area contributed by atoms with Crippen LogP contribution in [0.15, 0.2) is 22.7 Å². The second-order valence-corrected chi connectivity index (χ2v) is 6.37. The molecular weight excluding hydrogens is 302 g/mol. The highest BCUT2D eigenvalue weighted by Gasteiger charge is 2.13. The monoisotopic (exact) mass is 323 g/mol. The number of amides is 1. The van der Waals surface area contributed by atoms with E-state index in [1.165, 1.54) is 32.1 Å². The van der Waals surface area contributed by atoms with Gasteiger partial charge in [0.25, 0.3) is 5.91 Å². The predicted octanol–water partition coefficient (Wildman–Crippen LogP) is 4.46. The molecule has 2 rings (SSSR count). The molecule has 1 N–H and O–H groups in total. The SMILES string of the molecule is Cc1cc(C(=O)NCCC2CCCCC2)ccc1Br. The predicted molar refractivity (Wildman–Crippen MR) is 82.4 cm³/mol. The summed E-state index contributed by atoms with van der Waals surface area (Å²) in [6.07, 6.45) is 7.93. The number of rotatable bonds is 4. The van der Waals surface area contributed by atoms with Gasteiger partial charge in [-0.05, 0) is 43.0 Å². The molecule has 1 aromatic carbocycles. The average molecular weight is 324 g/mol. The van der Waals surface area contributed by atoms with E-state index in [-0.39, 0.29) is 5.91 Å². The van der Waals surface area contributed by atoms with Crippen LogP contribution in [0.2, 0.25) is 0 Å². The van der Waals surface area contributed by atoms with Gasteiger partial charge in [-0.15, -0.1) is 0 Å². The Hall–Kier alpha value is -0.830. The van der Waals surface area contributed by atoms with E-state index < -0.39 is 0 Å². The molecular formula is C16H22BrNO. The third-order valence-corrected chi connectivity index (χ3v) is 4.87. The van der Waals surface area contributed by atoms with E-state index in [2.05, 4.69) is 21.2 Å². The Morgan fingerprint density at radius 1 is 1.32 bits per heavy atom. The van der Waals surface area contributed by atoms with Crippen LogP contribution in [0.5, 0.6) is 0 Å². The number of nitrogens with one attached hydrogen (secondary N) is 1. The molecule has 2 nitrogen and oxygen atoms in total. The molecule has 0 heterocycles. The van der Waals surface area contributed by atoms with Gasteiger partial charge in [-0.25, -0.2) is 0 Å². The van der Waals surface area contributed by atoms with Gasteiger partial charge in [0.1, 0.15) is 0 Å². The van der Waals surface area contributed by atoms with Crippen LogP contribution in [-0.4, -0.2) is 12.5 Å². The first-order valence-corrected chi connectivity index (χ1v) is 8.00. The molecule has 0 radical (unpaired) electrons. The molecule has 1 aliphatic carbocycles. The van der Waals surface area contributed by atoms with E-state index >= 15 is 0 Å². The fourth-order valence-corrected chi connectivity index (χ4v) is 3.00. The summed E-state index contributed by atoms with van der Waals surface area (Å²) in [5, 5.41) is 3.04. The Labute approximate surface area is 124 Å². The van der Waals surface area contributed by atoms with Crippen molar-refractivity contribution in [3.05, 3.63) is 33.8 Å². The molecule has 1 fully saturated rings. The number of aryl methyl sites for hydroxylation is 1. The van der Waals surface area contributed by atoms with E-state index in [0.717, 1.165) is 34.5 Å². The molecule has 19 heavy (non-hydrogen) atoms. The summed E-state index contributed by atoms with van der Waals surface area (Å²) in [6, 6.07) is 5.73. The minimum absolute atomic E-state index is 0.0476. The Kier molecular flexibility index (Phi) is 5.44. The number of benzene rings is 1. The average Bonchev–Trinajstić information content (AvgIpc) is 2.43. The first-order chi connectivity index (χ1) is 9.16. The molecule has 1 amide bonds. The van der Waals surface area contributed by atoms with Crippen LogP contribution < -0.4 is 5.32 Å². The number of hydrogen-bond acceptors (Lipinski definition) is 1. The third kappa shape index (κ3) is 4.34. The first kappa shape index (κ1) is 14.6. The lowest BCUT2D eigenvalue weighted by Gasteiger charge is -2.21. The quantitative estimate of drug-likeness (QED) is 0.870. The van der Waals surface area contributed by atoms with Crippen molar-refractivity contribution in [1.82, 2.24) is 5.32 Å². The van der Waals surface area contributed by atoms with E-state index in [9.17, 15) is 4.79 Å². The van der Waals surface area contributed by atoms with E-state index in [1.54, 1.807) is 0 Å². The second-order valence-electron chi connectivity index (χ2n) is 5.51. The lowest BCUT2D eigenvalue weighted by Crippen LogP contribution is -2.26. The highest BCUT2D eigenvalue weighted by molar-refractivity contribution is 9.10. The third-order valence-electron chi connectivity index (χ3n) is 3.98. The molecule has 104 valence electrons.